The van der Waals surface area contributed by atoms with Crippen molar-refractivity contribution >= 4 is 17.9 Å². The average Bonchev–Trinajstić information content (AvgIpc) is 3.40. The molecule has 0 aliphatic heterocycles. The number of esters is 1. The van der Waals surface area contributed by atoms with Crippen molar-refractivity contribution < 1.29 is 19.1 Å². The maximum atomic E-state index is 12.6. The Morgan fingerprint density at radius 1 is 1.23 bits per heavy atom. The molecule has 1 fully saturated rings. The second kappa shape index (κ2) is 7.38. The number of nitrogens with zero attached hydrogens (tertiary/aromatic N) is 2. The molecule has 26 heavy (non-hydrogen) atoms. The van der Waals surface area contributed by atoms with E-state index in [2.05, 4.69) is 15.7 Å². The minimum absolute atomic E-state index is 0.248. The molecule has 1 aromatic carbocycles. The molecule has 3 rings (SSSR count). The van der Waals surface area contributed by atoms with Crippen molar-refractivity contribution in [3.63, 3.8) is 0 Å². The van der Waals surface area contributed by atoms with Gasteiger partial charge in [-0.2, -0.15) is 5.10 Å². The highest BCUT2D eigenvalue weighted by Gasteiger charge is 2.30. The summed E-state index contributed by atoms with van der Waals surface area (Å²) < 4.78 is 6.75. The first-order valence-electron chi connectivity index (χ1n) is 8.38. The maximum Gasteiger partial charge on any atom is 0.357 e. The van der Waals surface area contributed by atoms with Crippen molar-refractivity contribution in [2.45, 2.75) is 31.8 Å². The van der Waals surface area contributed by atoms with E-state index in [9.17, 15) is 14.4 Å². The molecule has 136 valence electrons. The molecule has 8 nitrogen and oxygen atoms in total. The molecule has 3 amide bonds. The summed E-state index contributed by atoms with van der Waals surface area (Å²) in [6.07, 6.45) is 0.972. The largest absolute Gasteiger partial charge is 0.448 e. The van der Waals surface area contributed by atoms with Gasteiger partial charge in [-0.25, -0.2) is 14.3 Å². The van der Waals surface area contributed by atoms with Crippen LogP contribution in [0.4, 0.5) is 4.79 Å². The molecule has 1 unspecified atom stereocenters. The van der Waals surface area contributed by atoms with Crippen molar-refractivity contribution in [3.8, 4) is 5.69 Å². The highest BCUT2D eigenvalue weighted by atomic mass is 16.5. The van der Waals surface area contributed by atoms with Gasteiger partial charge in [0.05, 0.1) is 11.4 Å². The summed E-state index contributed by atoms with van der Waals surface area (Å²) in [6, 6.07) is 10.3. The third-order valence-corrected chi connectivity index (χ3v) is 4.05. The fraction of sp³-hybridized carbons (Fsp3) is 0.333. The van der Waals surface area contributed by atoms with Gasteiger partial charge in [-0.05, 0) is 38.0 Å². The van der Waals surface area contributed by atoms with Crippen molar-refractivity contribution in [1.29, 1.82) is 0 Å². The third kappa shape index (κ3) is 3.90. The standard InChI is InChI=1S/C18H20N4O4/c1-11(16(23)20-18(25)19-2)26-17(24)15-10-14(12-8-9-12)21-22(15)13-6-4-3-5-7-13/h3-7,10-12H,8-9H2,1-2H3,(H2,19,20,23,25). The van der Waals surface area contributed by atoms with Crippen LogP contribution in [-0.2, 0) is 9.53 Å². The number of hydrogen-bond donors (Lipinski definition) is 2. The van der Waals surface area contributed by atoms with Crippen molar-refractivity contribution in [1.82, 2.24) is 20.4 Å². The number of benzene rings is 1. The smallest absolute Gasteiger partial charge is 0.357 e. The normalized spacial score (nSPS) is 14.4. The van der Waals surface area contributed by atoms with Crippen LogP contribution in [0.15, 0.2) is 36.4 Å². The van der Waals surface area contributed by atoms with Gasteiger partial charge >= 0.3 is 12.0 Å². The Labute approximate surface area is 150 Å². The molecule has 2 aromatic rings. The SMILES string of the molecule is CNC(=O)NC(=O)C(C)OC(=O)c1cc(C2CC2)nn1-c1ccccc1. The summed E-state index contributed by atoms with van der Waals surface area (Å²) in [5, 5.41) is 8.87. The zero-order chi connectivity index (χ0) is 18.7. The van der Waals surface area contributed by atoms with Gasteiger partial charge in [-0.1, -0.05) is 18.2 Å². The fourth-order valence-electron chi connectivity index (χ4n) is 2.44. The molecule has 2 N–H and O–H groups in total. The first-order chi connectivity index (χ1) is 12.5. The molecule has 0 bridgehead atoms. The lowest BCUT2D eigenvalue weighted by atomic mass is 10.2. The van der Waals surface area contributed by atoms with Gasteiger partial charge in [0.25, 0.3) is 5.91 Å². The number of carbonyl (C=O) groups is 3. The highest BCUT2D eigenvalue weighted by molar-refractivity contribution is 5.98. The van der Waals surface area contributed by atoms with Crippen LogP contribution in [-0.4, -0.2) is 40.8 Å². The minimum atomic E-state index is -1.12. The Morgan fingerprint density at radius 2 is 1.92 bits per heavy atom. The lowest BCUT2D eigenvalue weighted by molar-refractivity contribution is -0.127. The van der Waals surface area contributed by atoms with E-state index in [4.69, 9.17) is 4.74 Å². The van der Waals surface area contributed by atoms with Crippen molar-refractivity contribution in [2.24, 2.45) is 0 Å². The third-order valence-electron chi connectivity index (χ3n) is 4.05. The van der Waals surface area contributed by atoms with Crippen LogP contribution in [0.3, 0.4) is 0 Å². The molecule has 1 aliphatic carbocycles. The maximum absolute atomic E-state index is 12.6. The van der Waals surface area contributed by atoms with Crippen LogP contribution in [0.25, 0.3) is 5.69 Å². The Balaban J connectivity index is 1.80. The summed E-state index contributed by atoms with van der Waals surface area (Å²) in [5.41, 5.74) is 1.81. The molecule has 0 saturated heterocycles. The van der Waals surface area contributed by atoms with Gasteiger partial charge in [0.2, 0.25) is 0 Å². The predicted molar refractivity (Wildman–Crippen MR) is 93.0 cm³/mol. The van der Waals surface area contributed by atoms with Crippen LogP contribution in [0.2, 0.25) is 0 Å². The number of nitrogens with one attached hydrogen (secondary N) is 2. The first kappa shape index (κ1) is 17.7. The summed E-state index contributed by atoms with van der Waals surface area (Å²) in [4.78, 5) is 35.7. The van der Waals surface area contributed by atoms with E-state index >= 15 is 0 Å². The molecule has 8 heteroatoms. The Kier molecular flexibility index (Phi) is 5.01. The van der Waals surface area contributed by atoms with Crippen LogP contribution >= 0.6 is 0 Å². The van der Waals surface area contributed by atoms with E-state index in [0.717, 1.165) is 24.2 Å². The highest BCUT2D eigenvalue weighted by Crippen LogP contribution is 2.39. The minimum Gasteiger partial charge on any atom is -0.448 e. The number of ether oxygens (including phenoxy) is 1. The lowest BCUT2D eigenvalue weighted by Crippen LogP contribution is -2.43. The Bertz CT molecular complexity index is 827. The van der Waals surface area contributed by atoms with E-state index < -0.39 is 24.0 Å². The Morgan fingerprint density at radius 3 is 2.54 bits per heavy atom. The molecule has 1 aromatic heterocycles. The zero-order valence-electron chi connectivity index (χ0n) is 14.6. The second-order valence-electron chi connectivity index (χ2n) is 6.09. The van der Waals surface area contributed by atoms with E-state index in [1.165, 1.54) is 18.7 Å². The van der Waals surface area contributed by atoms with Gasteiger partial charge in [0, 0.05) is 13.0 Å². The monoisotopic (exact) mass is 356 g/mol. The quantitative estimate of drug-likeness (QED) is 0.795. The number of amides is 3. The number of para-hydroxylation sites is 1. The molecular formula is C18H20N4O4. The summed E-state index contributed by atoms with van der Waals surface area (Å²) >= 11 is 0. The van der Waals surface area contributed by atoms with Gasteiger partial charge < -0.3 is 10.1 Å². The van der Waals surface area contributed by atoms with E-state index in [1.807, 2.05) is 30.3 Å². The number of hydrogen-bond acceptors (Lipinski definition) is 5. The molecule has 1 aliphatic rings. The summed E-state index contributed by atoms with van der Waals surface area (Å²) in [7, 11) is 1.39. The van der Waals surface area contributed by atoms with Crippen molar-refractivity contribution in [3.05, 3.63) is 47.8 Å². The fourth-order valence-corrected chi connectivity index (χ4v) is 2.44. The number of rotatable bonds is 5. The van der Waals surface area contributed by atoms with E-state index in [1.54, 1.807) is 6.07 Å². The number of imide groups is 1. The zero-order valence-corrected chi connectivity index (χ0v) is 14.6. The summed E-state index contributed by atoms with van der Waals surface area (Å²) in [6.45, 7) is 1.40. The number of carbonyl (C=O) groups excluding carboxylic acids is 3. The van der Waals surface area contributed by atoms with Crippen molar-refractivity contribution in [2.75, 3.05) is 7.05 Å². The topological polar surface area (TPSA) is 102 Å². The van der Waals surface area contributed by atoms with E-state index in [-0.39, 0.29) is 5.69 Å². The molecule has 1 saturated carbocycles. The first-order valence-corrected chi connectivity index (χ1v) is 8.38. The summed E-state index contributed by atoms with van der Waals surface area (Å²) in [5.74, 6) is -1.01. The molecule has 0 spiro atoms. The van der Waals surface area contributed by atoms with Gasteiger partial charge in [0.1, 0.15) is 0 Å². The van der Waals surface area contributed by atoms with E-state index in [0.29, 0.717) is 5.92 Å². The molecule has 0 radical (unpaired) electrons. The second-order valence-corrected chi connectivity index (χ2v) is 6.09. The Hall–Kier alpha value is -3.16. The van der Waals surface area contributed by atoms with Gasteiger partial charge in [-0.3, -0.25) is 10.1 Å². The number of aromatic nitrogens is 2. The van der Waals surface area contributed by atoms with Crippen LogP contribution in [0, 0.1) is 0 Å². The number of urea groups is 1. The van der Waals surface area contributed by atoms with Gasteiger partial charge in [0.15, 0.2) is 11.8 Å². The average molecular weight is 356 g/mol. The predicted octanol–water partition coefficient (Wildman–Crippen LogP) is 1.75. The van der Waals surface area contributed by atoms with Crippen LogP contribution in [0.5, 0.6) is 0 Å². The van der Waals surface area contributed by atoms with Gasteiger partial charge in [-0.15, -0.1) is 0 Å². The van der Waals surface area contributed by atoms with Crippen LogP contribution < -0.4 is 10.6 Å². The van der Waals surface area contributed by atoms with Crippen LogP contribution in [0.1, 0.15) is 41.9 Å². The molecule has 1 heterocycles. The lowest BCUT2D eigenvalue weighted by Gasteiger charge is -2.13. The molecular weight excluding hydrogens is 336 g/mol. The molecule has 1 atom stereocenters.